The lowest BCUT2D eigenvalue weighted by atomic mass is 10.0. The number of nitrogens with one attached hydrogen (secondary N) is 2. The Hall–Kier alpha value is -1.12. The van der Waals surface area contributed by atoms with Gasteiger partial charge >= 0.3 is 0 Å². The molecule has 0 aromatic rings. The van der Waals surface area contributed by atoms with Crippen LogP contribution in [0.5, 0.6) is 0 Å². The number of carbonyl (C=O) groups is 1. The van der Waals surface area contributed by atoms with E-state index in [1.165, 1.54) is 25.7 Å². The highest BCUT2D eigenvalue weighted by atomic mass is 16.2. The Morgan fingerprint density at radius 1 is 1.47 bits per heavy atom. The maximum absolute atomic E-state index is 11.6. The molecule has 0 aromatic carbocycles. The van der Waals surface area contributed by atoms with E-state index in [1.54, 1.807) is 0 Å². The second-order valence-corrected chi connectivity index (χ2v) is 4.82. The first kappa shape index (κ1) is 12.3. The fraction of sp³-hybridized carbons (Fsp3) is 0.833. The monoisotopic (exact) mass is 236 g/mol. The van der Waals surface area contributed by atoms with Crippen molar-refractivity contribution in [2.45, 2.75) is 37.8 Å². The van der Waals surface area contributed by atoms with Crippen molar-refractivity contribution in [2.24, 2.45) is 0 Å². The van der Waals surface area contributed by atoms with Gasteiger partial charge < -0.3 is 10.6 Å². The summed E-state index contributed by atoms with van der Waals surface area (Å²) in [5.74, 6) is -0.0311. The second kappa shape index (κ2) is 5.99. The maximum atomic E-state index is 11.6. The van der Waals surface area contributed by atoms with Crippen LogP contribution in [0, 0.1) is 11.3 Å². The third-order valence-corrected chi connectivity index (χ3v) is 3.69. The molecule has 2 atom stereocenters. The first-order chi connectivity index (χ1) is 8.31. The largest absolute Gasteiger partial charge is 0.342 e. The molecule has 0 spiro atoms. The number of hydrogen-bond acceptors (Lipinski definition) is 4. The van der Waals surface area contributed by atoms with Crippen molar-refractivity contribution >= 4 is 5.91 Å². The molecule has 2 saturated heterocycles. The summed E-state index contributed by atoms with van der Waals surface area (Å²) in [7, 11) is 0. The molecule has 2 fully saturated rings. The van der Waals surface area contributed by atoms with Crippen LogP contribution in [0.15, 0.2) is 0 Å². The number of nitriles is 1. The van der Waals surface area contributed by atoms with Gasteiger partial charge in [-0.25, -0.2) is 0 Å². The standard InChI is InChI=1S/C12H20N4O/c13-5-7-15-12(17)9-16-8-2-4-11(16)10-3-1-6-14-10/h10-11,14H,1-4,6-9H2,(H,15,17). The van der Waals surface area contributed by atoms with Crippen LogP contribution in [0.4, 0.5) is 0 Å². The van der Waals surface area contributed by atoms with E-state index in [0.29, 0.717) is 18.6 Å². The third kappa shape index (κ3) is 3.18. The van der Waals surface area contributed by atoms with Gasteiger partial charge in [-0.05, 0) is 38.8 Å². The smallest absolute Gasteiger partial charge is 0.235 e. The summed E-state index contributed by atoms with van der Waals surface area (Å²) >= 11 is 0. The van der Waals surface area contributed by atoms with Crippen LogP contribution in [0.1, 0.15) is 25.7 Å². The lowest BCUT2D eigenvalue weighted by Crippen LogP contribution is -2.47. The minimum atomic E-state index is -0.0311. The predicted molar refractivity (Wildman–Crippen MR) is 64.2 cm³/mol. The molecule has 17 heavy (non-hydrogen) atoms. The normalized spacial score (nSPS) is 29.1. The van der Waals surface area contributed by atoms with E-state index in [1.807, 2.05) is 6.07 Å². The molecule has 2 N–H and O–H groups in total. The fourth-order valence-corrected chi connectivity index (χ4v) is 2.92. The van der Waals surface area contributed by atoms with E-state index in [0.717, 1.165) is 13.1 Å². The van der Waals surface area contributed by atoms with Crippen LogP contribution in [0.3, 0.4) is 0 Å². The summed E-state index contributed by atoms with van der Waals surface area (Å²) in [6.45, 7) is 2.65. The number of likely N-dealkylation sites (tertiary alicyclic amines) is 1. The van der Waals surface area contributed by atoms with Gasteiger partial charge in [0.1, 0.15) is 6.54 Å². The molecule has 1 amide bonds. The van der Waals surface area contributed by atoms with Gasteiger partial charge in [0.2, 0.25) is 5.91 Å². The number of nitrogens with zero attached hydrogens (tertiary/aromatic N) is 2. The highest BCUT2D eigenvalue weighted by molar-refractivity contribution is 5.78. The molecule has 0 aromatic heterocycles. The van der Waals surface area contributed by atoms with Crippen LogP contribution >= 0.6 is 0 Å². The zero-order valence-electron chi connectivity index (χ0n) is 10.1. The zero-order valence-corrected chi connectivity index (χ0v) is 10.1. The van der Waals surface area contributed by atoms with Gasteiger partial charge in [0, 0.05) is 12.1 Å². The first-order valence-electron chi connectivity index (χ1n) is 6.42. The predicted octanol–water partition coefficient (Wildman–Crippen LogP) is -0.157. The quantitative estimate of drug-likeness (QED) is 0.666. The summed E-state index contributed by atoms with van der Waals surface area (Å²) < 4.78 is 0. The molecular weight excluding hydrogens is 216 g/mol. The molecule has 0 saturated carbocycles. The summed E-state index contributed by atoms with van der Waals surface area (Å²) in [6, 6.07) is 2.99. The number of rotatable bonds is 4. The van der Waals surface area contributed by atoms with E-state index in [9.17, 15) is 4.79 Å². The highest BCUT2D eigenvalue weighted by Gasteiger charge is 2.33. The molecule has 2 rings (SSSR count). The fourth-order valence-electron chi connectivity index (χ4n) is 2.92. The van der Waals surface area contributed by atoms with Crippen molar-refractivity contribution in [3.05, 3.63) is 0 Å². The lowest BCUT2D eigenvalue weighted by Gasteiger charge is -2.28. The summed E-state index contributed by atoms with van der Waals surface area (Å²) in [5.41, 5.74) is 0. The Balaban J connectivity index is 1.82. The van der Waals surface area contributed by atoms with Gasteiger partial charge in [-0.1, -0.05) is 0 Å². The van der Waals surface area contributed by atoms with Crippen molar-refractivity contribution in [1.82, 2.24) is 15.5 Å². The average Bonchev–Trinajstić information content (AvgIpc) is 2.95. The molecule has 5 heteroatoms. The van der Waals surface area contributed by atoms with Crippen LogP contribution in [-0.4, -0.2) is 49.1 Å². The van der Waals surface area contributed by atoms with E-state index in [4.69, 9.17) is 5.26 Å². The number of hydrogen-bond donors (Lipinski definition) is 2. The van der Waals surface area contributed by atoms with Crippen LogP contribution in [0.2, 0.25) is 0 Å². The lowest BCUT2D eigenvalue weighted by molar-refractivity contribution is -0.122. The van der Waals surface area contributed by atoms with Gasteiger partial charge in [0.05, 0.1) is 12.6 Å². The SMILES string of the molecule is N#CCNC(=O)CN1CCCC1C1CCCN1. The molecule has 0 bridgehead atoms. The Labute approximate surface area is 102 Å². The Morgan fingerprint density at radius 3 is 3.06 bits per heavy atom. The van der Waals surface area contributed by atoms with E-state index in [-0.39, 0.29) is 12.5 Å². The molecule has 94 valence electrons. The van der Waals surface area contributed by atoms with Gasteiger partial charge in [-0.15, -0.1) is 0 Å². The van der Waals surface area contributed by atoms with Gasteiger partial charge in [0.15, 0.2) is 0 Å². The molecule has 5 nitrogen and oxygen atoms in total. The second-order valence-electron chi connectivity index (χ2n) is 4.82. The highest BCUT2D eigenvalue weighted by Crippen LogP contribution is 2.24. The molecule has 2 unspecified atom stereocenters. The van der Waals surface area contributed by atoms with Crippen molar-refractivity contribution in [3.63, 3.8) is 0 Å². The Morgan fingerprint density at radius 2 is 2.35 bits per heavy atom. The van der Waals surface area contributed by atoms with E-state index in [2.05, 4.69) is 15.5 Å². The van der Waals surface area contributed by atoms with Gasteiger partial charge in [-0.2, -0.15) is 5.26 Å². The number of amides is 1. The molecule has 2 aliphatic rings. The maximum Gasteiger partial charge on any atom is 0.235 e. The van der Waals surface area contributed by atoms with Crippen molar-refractivity contribution < 1.29 is 4.79 Å². The first-order valence-corrected chi connectivity index (χ1v) is 6.42. The molecular formula is C12H20N4O. The average molecular weight is 236 g/mol. The molecule has 2 heterocycles. The molecule has 2 aliphatic heterocycles. The summed E-state index contributed by atoms with van der Waals surface area (Å²) in [5, 5.41) is 14.5. The zero-order chi connectivity index (χ0) is 12.1. The summed E-state index contributed by atoms with van der Waals surface area (Å²) in [4.78, 5) is 13.9. The topological polar surface area (TPSA) is 68.2 Å². The van der Waals surface area contributed by atoms with E-state index < -0.39 is 0 Å². The van der Waals surface area contributed by atoms with Crippen LogP contribution in [0.25, 0.3) is 0 Å². The van der Waals surface area contributed by atoms with E-state index >= 15 is 0 Å². The van der Waals surface area contributed by atoms with Gasteiger partial charge in [-0.3, -0.25) is 9.69 Å². The van der Waals surface area contributed by atoms with Crippen LogP contribution in [-0.2, 0) is 4.79 Å². The molecule has 0 radical (unpaired) electrons. The van der Waals surface area contributed by atoms with Crippen molar-refractivity contribution in [3.8, 4) is 6.07 Å². The number of carbonyl (C=O) groups excluding carboxylic acids is 1. The Bertz CT molecular complexity index is 306. The summed E-state index contributed by atoms with van der Waals surface area (Å²) in [6.07, 6.45) is 4.83. The van der Waals surface area contributed by atoms with Gasteiger partial charge in [0.25, 0.3) is 0 Å². The molecule has 0 aliphatic carbocycles. The third-order valence-electron chi connectivity index (χ3n) is 3.69. The van der Waals surface area contributed by atoms with Crippen molar-refractivity contribution in [1.29, 1.82) is 5.26 Å². The minimum Gasteiger partial charge on any atom is -0.342 e. The Kier molecular flexibility index (Phi) is 4.35. The minimum absolute atomic E-state index is 0.0311. The van der Waals surface area contributed by atoms with Crippen molar-refractivity contribution in [2.75, 3.05) is 26.2 Å². The van der Waals surface area contributed by atoms with Crippen LogP contribution < -0.4 is 10.6 Å².